The van der Waals surface area contributed by atoms with E-state index in [0.717, 1.165) is 48.3 Å². The summed E-state index contributed by atoms with van der Waals surface area (Å²) in [6, 6.07) is 8.04. The summed E-state index contributed by atoms with van der Waals surface area (Å²) in [5, 5.41) is 3.05. The van der Waals surface area contributed by atoms with Crippen LogP contribution in [0, 0.1) is 0 Å². The maximum atomic E-state index is 12.6. The number of carbonyl (C=O) groups excluding carboxylic acids is 2. The molecule has 0 saturated heterocycles. The van der Waals surface area contributed by atoms with Crippen molar-refractivity contribution in [2.45, 2.75) is 50.7 Å². The molecule has 2 aromatic rings. The fourth-order valence-electron chi connectivity index (χ4n) is 4.35. The summed E-state index contributed by atoms with van der Waals surface area (Å²) >= 11 is 0. The lowest BCUT2D eigenvalue weighted by atomic mass is 9.97. The van der Waals surface area contributed by atoms with Crippen molar-refractivity contribution in [3.05, 3.63) is 41.2 Å². The summed E-state index contributed by atoms with van der Waals surface area (Å²) in [5.41, 5.74) is 10.4. The van der Waals surface area contributed by atoms with Crippen LogP contribution in [-0.4, -0.2) is 41.1 Å². The minimum Gasteiger partial charge on any atom is -0.497 e. The van der Waals surface area contributed by atoms with E-state index in [9.17, 15) is 9.59 Å². The zero-order valence-electron chi connectivity index (χ0n) is 16.6. The van der Waals surface area contributed by atoms with Crippen LogP contribution in [0.4, 0.5) is 4.79 Å². The molecule has 1 aliphatic heterocycles. The van der Waals surface area contributed by atoms with Gasteiger partial charge in [-0.1, -0.05) is 12.1 Å². The maximum absolute atomic E-state index is 12.6. The van der Waals surface area contributed by atoms with Gasteiger partial charge in [0.15, 0.2) is 0 Å². The van der Waals surface area contributed by atoms with Crippen molar-refractivity contribution in [1.82, 2.24) is 14.8 Å². The van der Waals surface area contributed by atoms with E-state index in [1.54, 1.807) is 12.0 Å². The molecule has 3 amide bonds. The number of aromatic nitrogens is 1. The van der Waals surface area contributed by atoms with E-state index in [4.69, 9.17) is 10.5 Å². The number of ether oxygens (including phenoxy) is 1. The Labute approximate surface area is 169 Å². The number of amides is 3. The number of hydrogen-bond acceptors (Lipinski definition) is 3. The number of carbonyl (C=O) groups is 2. The molecule has 29 heavy (non-hydrogen) atoms. The molecule has 2 fully saturated rings. The summed E-state index contributed by atoms with van der Waals surface area (Å²) in [6.07, 6.45) is 4.35. The van der Waals surface area contributed by atoms with Crippen LogP contribution < -0.4 is 15.8 Å². The Balaban J connectivity index is 1.58. The van der Waals surface area contributed by atoms with E-state index in [0.29, 0.717) is 37.2 Å². The summed E-state index contributed by atoms with van der Waals surface area (Å²) < 4.78 is 7.53. The van der Waals surface area contributed by atoms with Crippen molar-refractivity contribution in [2.75, 3.05) is 13.7 Å². The minimum absolute atomic E-state index is 0.0469. The maximum Gasteiger partial charge on any atom is 0.318 e. The summed E-state index contributed by atoms with van der Waals surface area (Å²) in [7, 11) is 1.64. The Kier molecular flexibility index (Phi) is 4.26. The zero-order chi connectivity index (χ0) is 20.1. The number of hydrogen-bond donors (Lipinski definition) is 2. The number of fused-ring (bicyclic) bond motifs is 1. The van der Waals surface area contributed by atoms with E-state index in [1.807, 2.05) is 24.3 Å². The van der Waals surface area contributed by atoms with Gasteiger partial charge < -0.3 is 25.3 Å². The molecule has 0 bridgehead atoms. The van der Waals surface area contributed by atoms with Gasteiger partial charge in [-0.25, -0.2) is 4.79 Å². The van der Waals surface area contributed by atoms with Crippen molar-refractivity contribution in [3.63, 3.8) is 0 Å². The first kappa shape index (κ1) is 18.1. The van der Waals surface area contributed by atoms with Crippen LogP contribution in [0.1, 0.15) is 53.3 Å². The second-order valence-corrected chi connectivity index (χ2v) is 8.25. The third-order valence-electron chi connectivity index (χ3n) is 6.13. The van der Waals surface area contributed by atoms with Crippen LogP contribution in [0.5, 0.6) is 5.75 Å². The molecular formula is C22H26N4O3. The van der Waals surface area contributed by atoms with Crippen molar-refractivity contribution < 1.29 is 14.3 Å². The van der Waals surface area contributed by atoms with Crippen molar-refractivity contribution in [2.24, 2.45) is 5.73 Å². The molecular weight excluding hydrogens is 368 g/mol. The van der Waals surface area contributed by atoms with Crippen molar-refractivity contribution >= 4 is 11.9 Å². The van der Waals surface area contributed by atoms with Gasteiger partial charge in [0.25, 0.3) is 5.91 Å². The quantitative estimate of drug-likeness (QED) is 0.817. The van der Waals surface area contributed by atoms with Gasteiger partial charge in [-0.15, -0.1) is 0 Å². The van der Waals surface area contributed by atoms with Crippen LogP contribution >= 0.6 is 0 Å². The smallest absolute Gasteiger partial charge is 0.318 e. The van der Waals surface area contributed by atoms with Gasteiger partial charge in [-0.3, -0.25) is 4.79 Å². The molecule has 7 heteroatoms. The number of nitrogens with two attached hydrogens (primary N) is 1. The van der Waals surface area contributed by atoms with Gasteiger partial charge in [0.1, 0.15) is 5.75 Å². The van der Waals surface area contributed by atoms with E-state index < -0.39 is 5.91 Å². The van der Waals surface area contributed by atoms with E-state index in [-0.39, 0.29) is 6.03 Å². The molecule has 5 rings (SSSR count). The predicted molar refractivity (Wildman–Crippen MR) is 109 cm³/mol. The highest BCUT2D eigenvalue weighted by Gasteiger charge is 2.38. The Hall–Kier alpha value is -2.96. The predicted octanol–water partition coefficient (Wildman–Crippen LogP) is 2.83. The number of primary amides is 1. The number of benzene rings is 1. The van der Waals surface area contributed by atoms with Gasteiger partial charge in [0, 0.05) is 30.4 Å². The van der Waals surface area contributed by atoms with Crippen LogP contribution in [0.2, 0.25) is 0 Å². The molecule has 0 unspecified atom stereocenters. The van der Waals surface area contributed by atoms with Crippen LogP contribution in [0.25, 0.3) is 11.1 Å². The molecule has 2 aliphatic carbocycles. The lowest BCUT2D eigenvalue weighted by Crippen LogP contribution is -2.45. The lowest BCUT2D eigenvalue weighted by molar-refractivity contribution is 0.0997. The van der Waals surface area contributed by atoms with E-state index >= 15 is 0 Å². The second kappa shape index (κ2) is 6.83. The largest absolute Gasteiger partial charge is 0.497 e. The fourth-order valence-corrected chi connectivity index (χ4v) is 4.35. The van der Waals surface area contributed by atoms with Crippen LogP contribution in [-0.2, 0) is 13.1 Å². The highest BCUT2D eigenvalue weighted by Crippen LogP contribution is 2.48. The van der Waals surface area contributed by atoms with Gasteiger partial charge in [0.2, 0.25) is 0 Å². The molecule has 3 N–H and O–H groups in total. The minimum atomic E-state index is -0.434. The first-order chi connectivity index (χ1) is 14.1. The lowest BCUT2D eigenvalue weighted by Gasteiger charge is -2.30. The molecule has 3 aliphatic rings. The molecule has 2 heterocycles. The highest BCUT2D eigenvalue weighted by molar-refractivity contribution is 6.02. The number of nitrogens with one attached hydrogen (secondary N) is 1. The Morgan fingerprint density at radius 3 is 2.41 bits per heavy atom. The average Bonchev–Trinajstić information content (AvgIpc) is 3.66. The number of urea groups is 1. The summed E-state index contributed by atoms with van der Waals surface area (Å²) in [4.78, 5) is 27.0. The average molecular weight is 394 g/mol. The van der Waals surface area contributed by atoms with E-state index in [2.05, 4.69) is 9.88 Å². The molecule has 152 valence electrons. The van der Waals surface area contributed by atoms with Gasteiger partial charge >= 0.3 is 6.03 Å². The van der Waals surface area contributed by atoms with Crippen LogP contribution in [0.15, 0.2) is 24.3 Å². The molecule has 0 radical (unpaired) electrons. The SMILES string of the molecule is COc1ccc(-c2c(C(N)=O)c3n(c2C2CC2)CCN(C(=O)NC2CC2)C3)cc1. The number of nitrogens with zero attached hydrogens (tertiary/aromatic N) is 2. The molecule has 1 aromatic carbocycles. The van der Waals surface area contributed by atoms with Gasteiger partial charge in [-0.05, 0) is 49.3 Å². The zero-order valence-corrected chi connectivity index (χ0v) is 16.6. The van der Waals surface area contributed by atoms with E-state index in [1.165, 1.54) is 5.69 Å². The Morgan fingerprint density at radius 2 is 1.83 bits per heavy atom. The monoisotopic (exact) mass is 394 g/mol. The Bertz CT molecular complexity index is 971. The molecule has 2 saturated carbocycles. The topological polar surface area (TPSA) is 89.6 Å². The highest BCUT2D eigenvalue weighted by atomic mass is 16.5. The third kappa shape index (κ3) is 3.24. The fraction of sp³-hybridized carbons (Fsp3) is 0.455. The van der Waals surface area contributed by atoms with Crippen molar-refractivity contribution in [1.29, 1.82) is 0 Å². The summed E-state index contributed by atoms with van der Waals surface area (Å²) in [5.74, 6) is 0.788. The second-order valence-electron chi connectivity index (χ2n) is 8.25. The van der Waals surface area contributed by atoms with Gasteiger partial charge in [-0.2, -0.15) is 0 Å². The standard InChI is InChI=1S/C22H26N4O3/c1-29-16-8-4-13(5-9-16)18-19(21(23)27)17-12-25(22(28)24-15-6-7-15)10-11-26(17)20(18)14-2-3-14/h4-5,8-9,14-15H,2-3,6-7,10-12H2,1H3,(H2,23,27)(H,24,28). The van der Waals surface area contributed by atoms with Crippen LogP contribution in [0.3, 0.4) is 0 Å². The molecule has 0 spiro atoms. The summed E-state index contributed by atoms with van der Waals surface area (Å²) in [6.45, 7) is 1.74. The first-order valence-electron chi connectivity index (χ1n) is 10.3. The Morgan fingerprint density at radius 1 is 1.10 bits per heavy atom. The molecule has 0 atom stereocenters. The number of methoxy groups -OCH3 is 1. The third-order valence-corrected chi connectivity index (χ3v) is 6.13. The van der Waals surface area contributed by atoms with Crippen molar-refractivity contribution in [3.8, 4) is 16.9 Å². The first-order valence-corrected chi connectivity index (χ1v) is 10.3. The number of rotatable bonds is 5. The molecule has 7 nitrogen and oxygen atoms in total. The van der Waals surface area contributed by atoms with Gasteiger partial charge in [0.05, 0.1) is 24.9 Å². The molecule has 1 aromatic heterocycles. The normalized spacial score (nSPS) is 18.3.